The summed E-state index contributed by atoms with van der Waals surface area (Å²) in [5.74, 6) is 0.483. The minimum Gasteiger partial charge on any atom is -0.455 e. The third-order valence-electron chi connectivity index (χ3n) is 4.50. The van der Waals surface area contributed by atoms with Crippen molar-refractivity contribution in [1.29, 1.82) is 0 Å². The van der Waals surface area contributed by atoms with Gasteiger partial charge < -0.3 is 15.2 Å². The second kappa shape index (κ2) is 5.30. The molecule has 0 saturated carbocycles. The average molecular weight is 310 g/mol. The topological polar surface area (TPSA) is 56.8 Å². The second-order valence-corrected chi connectivity index (χ2v) is 6.71. The minimum atomic E-state index is -0.378. The van der Waals surface area contributed by atoms with E-state index in [2.05, 4.69) is 4.99 Å². The summed E-state index contributed by atoms with van der Waals surface area (Å²) in [4.78, 5) is 4.51. The number of allylic oxidation sites excluding steroid dienone is 1. The predicted octanol–water partition coefficient (Wildman–Crippen LogP) is 4.57. The van der Waals surface area contributed by atoms with Crippen molar-refractivity contribution in [2.45, 2.75) is 38.9 Å². The molecule has 0 atom stereocenters. The van der Waals surface area contributed by atoms with Crippen molar-refractivity contribution in [3.63, 3.8) is 0 Å². The van der Waals surface area contributed by atoms with Gasteiger partial charge in [-0.2, -0.15) is 0 Å². The Balaban J connectivity index is 1.89. The molecule has 1 saturated heterocycles. The van der Waals surface area contributed by atoms with E-state index in [1.54, 1.807) is 12.3 Å². The highest BCUT2D eigenvalue weighted by molar-refractivity contribution is 6.02. The van der Waals surface area contributed by atoms with E-state index in [1.807, 2.05) is 64.1 Å². The number of ether oxygens (including phenoxy) is 2. The molecule has 4 nitrogen and oxygen atoms in total. The molecule has 2 aromatic carbocycles. The minimum absolute atomic E-state index is 0.378. The number of anilines is 1. The zero-order valence-corrected chi connectivity index (χ0v) is 14.0. The van der Waals surface area contributed by atoms with Crippen LogP contribution in [0.2, 0.25) is 0 Å². The fourth-order valence-electron chi connectivity index (χ4n) is 2.47. The molecule has 0 amide bonds. The molecule has 3 rings (SSSR count). The summed E-state index contributed by atoms with van der Waals surface area (Å²) in [5.41, 5.74) is 6.88. The lowest BCUT2D eigenvalue weighted by Gasteiger charge is -2.28. The van der Waals surface area contributed by atoms with Crippen molar-refractivity contribution in [3.05, 3.63) is 48.4 Å². The summed E-state index contributed by atoms with van der Waals surface area (Å²) >= 11 is 0. The zero-order chi connectivity index (χ0) is 16.7. The van der Waals surface area contributed by atoms with Gasteiger partial charge in [0, 0.05) is 23.4 Å². The van der Waals surface area contributed by atoms with Gasteiger partial charge in [0.2, 0.25) is 0 Å². The Bertz CT molecular complexity index is 781. The maximum absolute atomic E-state index is 6.08. The van der Waals surface area contributed by atoms with Crippen LogP contribution in [-0.4, -0.2) is 17.4 Å². The van der Waals surface area contributed by atoms with Gasteiger partial charge >= 0.3 is 0 Å². The van der Waals surface area contributed by atoms with Crippen molar-refractivity contribution in [3.8, 4) is 0 Å². The van der Waals surface area contributed by atoms with Crippen molar-refractivity contribution in [2.24, 2.45) is 4.99 Å². The fourth-order valence-corrected chi connectivity index (χ4v) is 2.47. The van der Waals surface area contributed by atoms with E-state index >= 15 is 0 Å². The molecule has 1 heterocycles. The van der Waals surface area contributed by atoms with Crippen molar-refractivity contribution in [2.75, 3.05) is 5.73 Å². The van der Waals surface area contributed by atoms with Crippen molar-refractivity contribution in [1.82, 2.24) is 0 Å². The molecule has 0 unspecified atom stereocenters. The Morgan fingerprint density at radius 1 is 0.957 bits per heavy atom. The van der Waals surface area contributed by atoms with Gasteiger partial charge in [-0.1, -0.05) is 24.3 Å². The molecular formula is C19H22N2O2. The Kier molecular flexibility index (Phi) is 3.55. The second-order valence-electron chi connectivity index (χ2n) is 6.71. The Morgan fingerprint density at radius 2 is 1.57 bits per heavy atom. The molecule has 1 aliphatic heterocycles. The number of hydrogen-bond donors (Lipinski definition) is 1. The number of aliphatic imine (C=N–C) groups is 1. The van der Waals surface area contributed by atoms with Crippen LogP contribution in [0, 0.1) is 0 Å². The van der Waals surface area contributed by atoms with Gasteiger partial charge in [-0.15, -0.1) is 0 Å². The van der Waals surface area contributed by atoms with E-state index in [0.717, 1.165) is 22.1 Å². The van der Waals surface area contributed by atoms with Gasteiger partial charge in [0.1, 0.15) is 11.2 Å². The highest BCUT2D eigenvalue weighted by Gasteiger charge is 2.48. The first-order valence-electron chi connectivity index (χ1n) is 7.70. The largest absolute Gasteiger partial charge is 0.455 e. The standard InChI is InChI=1S/C19H22N2O2/c1-18(2)19(3,4)23-16(22-18)11-12-21-15-10-6-8-13-7-5-9-14(20)17(13)15/h5-12H,20H2,1-4H3. The average Bonchev–Trinajstić information content (AvgIpc) is 2.67. The molecule has 0 spiro atoms. The third-order valence-corrected chi connectivity index (χ3v) is 4.50. The van der Waals surface area contributed by atoms with Crippen molar-refractivity contribution >= 4 is 28.4 Å². The van der Waals surface area contributed by atoms with Gasteiger partial charge in [0.25, 0.3) is 5.95 Å². The number of fused-ring (bicyclic) bond motifs is 1. The maximum Gasteiger partial charge on any atom is 0.282 e. The molecule has 0 bridgehead atoms. The smallest absolute Gasteiger partial charge is 0.282 e. The summed E-state index contributed by atoms with van der Waals surface area (Å²) < 4.78 is 11.7. The highest BCUT2D eigenvalue weighted by Crippen LogP contribution is 2.39. The molecule has 0 radical (unpaired) electrons. The van der Waals surface area contributed by atoms with Gasteiger partial charge in [0.15, 0.2) is 0 Å². The van der Waals surface area contributed by atoms with Crippen LogP contribution in [0.15, 0.2) is 53.4 Å². The van der Waals surface area contributed by atoms with Crippen molar-refractivity contribution < 1.29 is 9.47 Å². The quantitative estimate of drug-likeness (QED) is 0.653. The Hall–Kier alpha value is -2.49. The molecule has 120 valence electrons. The van der Waals surface area contributed by atoms with E-state index in [-0.39, 0.29) is 11.2 Å². The van der Waals surface area contributed by atoms with Crippen LogP contribution in [-0.2, 0) is 9.47 Å². The predicted molar refractivity (Wildman–Crippen MR) is 94.9 cm³/mol. The number of nitrogens with zero attached hydrogens (tertiary/aromatic N) is 1. The summed E-state index contributed by atoms with van der Waals surface area (Å²) in [6.45, 7) is 8.04. The van der Waals surface area contributed by atoms with Gasteiger partial charge in [-0.05, 0) is 45.2 Å². The molecule has 2 N–H and O–H groups in total. The summed E-state index contributed by atoms with van der Waals surface area (Å²) in [6.07, 6.45) is 3.43. The van der Waals surface area contributed by atoms with Crippen LogP contribution in [0.25, 0.3) is 10.8 Å². The lowest BCUT2D eigenvalue weighted by atomic mass is 9.90. The lowest BCUT2D eigenvalue weighted by Crippen LogP contribution is -2.41. The lowest BCUT2D eigenvalue weighted by molar-refractivity contribution is 0.00578. The number of nitrogen functional groups attached to an aromatic ring is 1. The van der Waals surface area contributed by atoms with E-state index in [9.17, 15) is 0 Å². The molecule has 2 aromatic rings. The third kappa shape index (κ3) is 2.77. The molecule has 23 heavy (non-hydrogen) atoms. The summed E-state index contributed by atoms with van der Waals surface area (Å²) in [7, 11) is 0. The summed E-state index contributed by atoms with van der Waals surface area (Å²) in [5, 5.41) is 2.03. The monoisotopic (exact) mass is 310 g/mol. The van der Waals surface area contributed by atoms with Crippen LogP contribution >= 0.6 is 0 Å². The number of rotatable bonds is 2. The highest BCUT2D eigenvalue weighted by atomic mass is 16.7. The van der Waals surface area contributed by atoms with Crippen LogP contribution in [0.5, 0.6) is 0 Å². The van der Waals surface area contributed by atoms with Gasteiger partial charge in [-0.25, -0.2) is 0 Å². The van der Waals surface area contributed by atoms with Crippen LogP contribution in [0.3, 0.4) is 0 Å². The van der Waals surface area contributed by atoms with E-state index < -0.39 is 0 Å². The summed E-state index contributed by atoms with van der Waals surface area (Å²) in [6, 6.07) is 11.8. The Labute approximate surface area is 136 Å². The maximum atomic E-state index is 6.08. The molecular weight excluding hydrogens is 288 g/mol. The van der Waals surface area contributed by atoms with E-state index in [1.165, 1.54) is 0 Å². The van der Waals surface area contributed by atoms with E-state index in [4.69, 9.17) is 15.2 Å². The molecule has 1 aliphatic rings. The number of nitrogens with two attached hydrogens (primary N) is 1. The van der Waals surface area contributed by atoms with Crippen LogP contribution < -0.4 is 5.73 Å². The van der Waals surface area contributed by atoms with E-state index in [0.29, 0.717) is 5.95 Å². The fraction of sp³-hybridized carbons (Fsp3) is 0.316. The number of hydrogen-bond acceptors (Lipinski definition) is 4. The zero-order valence-electron chi connectivity index (χ0n) is 14.0. The van der Waals surface area contributed by atoms with Crippen LogP contribution in [0.1, 0.15) is 27.7 Å². The first-order valence-corrected chi connectivity index (χ1v) is 7.70. The molecule has 0 aromatic heterocycles. The Morgan fingerprint density at radius 3 is 2.22 bits per heavy atom. The molecule has 1 fully saturated rings. The van der Waals surface area contributed by atoms with Gasteiger partial charge in [-0.3, -0.25) is 4.99 Å². The van der Waals surface area contributed by atoms with Gasteiger partial charge in [0.05, 0.1) is 5.69 Å². The van der Waals surface area contributed by atoms with Crippen LogP contribution in [0.4, 0.5) is 11.4 Å². The normalized spacial score (nSPS) is 18.9. The first kappa shape index (κ1) is 15.4. The molecule has 0 aliphatic carbocycles. The SMILES string of the molecule is CC1(C)OC(=CC=Nc2cccc3cccc(N)c23)OC1(C)C. The first-order chi connectivity index (χ1) is 10.8. The number of benzene rings is 2. The molecule has 4 heteroatoms.